The molecule has 1 aromatic carbocycles. The first-order chi connectivity index (χ1) is 8.63. The molecule has 3 N–H and O–H groups in total. The fraction of sp³-hybridized carbons (Fsp3) is 0.500. The first kappa shape index (κ1) is 13.0. The number of nitrogens with zero attached hydrogens (tertiary/aromatic N) is 1. The van der Waals surface area contributed by atoms with Crippen molar-refractivity contribution < 1.29 is 18.6 Å². The number of alkyl halides is 2. The van der Waals surface area contributed by atoms with Crippen LogP contribution in [0.1, 0.15) is 12.0 Å². The SMILES string of the molecule is Nc1ccc(N2CCOCC2CO)c(C(F)F)c1. The number of benzene rings is 1. The molecule has 0 aliphatic carbocycles. The fourth-order valence-electron chi connectivity index (χ4n) is 2.13. The summed E-state index contributed by atoms with van der Waals surface area (Å²) >= 11 is 0. The molecule has 0 spiro atoms. The Hall–Kier alpha value is -1.40. The van der Waals surface area contributed by atoms with Gasteiger partial charge in [-0.25, -0.2) is 8.78 Å². The average molecular weight is 258 g/mol. The lowest BCUT2D eigenvalue weighted by atomic mass is 10.1. The number of anilines is 2. The third kappa shape index (κ3) is 2.54. The van der Waals surface area contributed by atoms with E-state index >= 15 is 0 Å². The average Bonchev–Trinajstić information content (AvgIpc) is 2.38. The molecule has 0 bridgehead atoms. The van der Waals surface area contributed by atoms with E-state index in [1.165, 1.54) is 6.07 Å². The van der Waals surface area contributed by atoms with Crippen molar-refractivity contribution in [3.8, 4) is 0 Å². The Morgan fingerprint density at radius 1 is 1.50 bits per heavy atom. The van der Waals surface area contributed by atoms with Gasteiger partial charge in [0.25, 0.3) is 6.43 Å². The molecule has 1 saturated heterocycles. The lowest BCUT2D eigenvalue weighted by Crippen LogP contribution is -2.48. The molecule has 4 nitrogen and oxygen atoms in total. The van der Waals surface area contributed by atoms with Gasteiger partial charge < -0.3 is 20.5 Å². The number of morpholine rings is 1. The molecule has 0 amide bonds. The van der Waals surface area contributed by atoms with Gasteiger partial charge in [0, 0.05) is 23.5 Å². The molecule has 0 aromatic heterocycles. The molecule has 6 heteroatoms. The minimum Gasteiger partial charge on any atom is -0.399 e. The van der Waals surface area contributed by atoms with Crippen LogP contribution in [0.2, 0.25) is 0 Å². The van der Waals surface area contributed by atoms with Crippen molar-refractivity contribution in [2.45, 2.75) is 12.5 Å². The number of nitrogen functional groups attached to an aromatic ring is 1. The number of halogens is 2. The van der Waals surface area contributed by atoms with Crippen molar-refractivity contribution in [2.75, 3.05) is 37.0 Å². The highest BCUT2D eigenvalue weighted by molar-refractivity contribution is 5.61. The lowest BCUT2D eigenvalue weighted by Gasteiger charge is -2.37. The van der Waals surface area contributed by atoms with Gasteiger partial charge in [0.15, 0.2) is 0 Å². The number of nitrogens with two attached hydrogens (primary N) is 1. The maximum Gasteiger partial charge on any atom is 0.265 e. The number of aliphatic hydroxyl groups is 1. The Bertz CT molecular complexity index is 415. The van der Waals surface area contributed by atoms with Crippen LogP contribution in [0.15, 0.2) is 18.2 Å². The zero-order valence-electron chi connectivity index (χ0n) is 9.85. The second-order valence-corrected chi connectivity index (χ2v) is 4.22. The van der Waals surface area contributed by atoms with Crippen LogP contribution >= 0.6 is 0 Å². The fourth-order valence-corrected chi connectivity index (χ4v) is 2.13. The molecule has 1 aliphatic heterocycles. The van der Waals surface area contributed by atoms with E-state index in [0.717, 1.165) is 0 Å². The monoisotopic (exact) mass is 258 g/mol. The number of hydrogen-bond donors (Lipinski definition) is 2. The van der Waals surface area contributed by atoms with Gasteiger partial charge in [-0.3, -0.25) is 0 Å². The third-order valence-corrected chi connectivity index (χ3v) is 3.03. The molecule has 1 fully saturated rings. The first-order valence-corrected chi connectivity index (χ1v) is 5.76. The molecule has 0 radical (unpaired) electrons. The van der Waals surface area contributed by atoms with Crippen LogP contribution in [0.5, 0.6) is 0 Å². The summed E-state index contributed by atoms with van der Waals surface area (Å²) in [5.41, 5.74) is 6.16. The Balaban J connectivity index is 2.36. The van der Waals surface area contributed by atoms with E-state index in [9.17, 15) is 13.9 Å². The van der Waals surface area contributed by atoms with E-state index in [0.29, 0.717) is 31.1 Å². The summed E-state index contributed by atoms with van der Waals surface area (Å²) in [5, 5.41) is 9.27. The van der Waals surface area contributed by atoms with Gasteiger partial charge in [-0.15, -0.1) is 0 Å². The highest BCUT2D eigenvalue weighted by Crippen LogP contribution is 2.33. The summed E-state index contributed by atoms with van der Waals surface area (Å²) in [6.45, 7) is 1.15. The van der Waals surface area contributed by atoms with Gasteiger partial charge in [-0.1, -0.05) is 0 Å². The largest absolute Gasteiger partial charge is 0.399 e. The standard InChI is InChI=1S/C12H16F2N2O2/c13-12(14)10-5-8(15)1-2-11(10)16-3-4-18-7-9(16)6-17/h1-2,5,9,12,17H,3-4,6-7,15H2. The second-order valence-electron chi connectivity index (χ2n) is 4.22. The van der Waals surface area contributed by atoms with Crippen molar-refractivity contribution in [1.29, 1.82) is 0 Å². The second kappa shape index (κ2) is 5.49. The molecule has 1 heterocycles. The van der Waals surface area contributed by atoms with Crippen molar-refractivity contribution in [2.24, 2.45) is 0 Å². The zero-order valence-corrected chi connectivity index (χ0v) is 9.85. The van der Waals surface area contributed by atoms with Gasteiger partial charge >= 0.3 is 0 Å². The third-order valence-electron chi connectivity index (χ3n) is 3.03. The van der Waals surface area contributed by atoms with Crippen molar-refractivity contribution in [3.63, 3.8) is 0 Å². The van der Waals surface area contributed by atoms with Crippen molar-refractivity contribution in [1.82, 2.24) is 0 Å². The molecular formula is C12H16F2N2O2. The molecule has 1 aliphatic rings. The summed E-state index contributed by atoms with van der Waals surface area (Å²) in [7, 11) is 0. The predicted octanol–water partition coefficient (Wildman–Crippen LogP) is 1.40. The van der Waals surface area contributed by atoms with Gasteiger partial charge in [0.05, 0.1) is 25.9 Å². The summed E-state index contributed by atoms with van der Waals surface area (Å²) < 4.78 is 31.3. The van der Waals surface area contributed by atoms with Crippen LogP contribution in [-0.2, 0) is 4.74 Å². The van der Waals surface area contributed by atoms with E-state index in [2.05, 4.69) is 0 Å². The Morgan fingerprint density at radius 3 is 2.94 bits per heavy atom. The van der Waals surface area contributed by atoms with E-state index < -0.39 is 6.43 Å². The molecule has 0 saturated carbocycles. The molecule has 18 heavy (non-hydrogen) atoms. The van der Waals surface area contributed by atoms with Crippen LogP contribution in [-0.4, -0.2) is 37.5 Å². The molecule has 1 atom stereocenters. The maximum absolute atomic E-state index is 13.0. The molecule has 100 valence electrons. The topological polar surface area (TPSA) is 58.7 Å². The van der Waals surface area contributed by atoms with E-state index in [1.54, 1.807) is 17.0 Å². The van der Waals surface area contributed by atoms with Gasteiger partial charge in [-0.2, -0.15) is 0 Å². The van der Waals surface area contributed by atoms with Crippen molar-refractivity contribution >= 4 is 11.4 Å². The van der Waals surface area contributed by atoms with Gasteiger partial charge in [0.2, 0.25) is 0 Å². The maximum atomic E-state index is 13.0. The van der Waals surface area contributed by atoms with Gasteiger partial charge in [0.1, 0.15) is 0 Å². The number of aliphatic hydroxyl groups excluding tert-OH is 1. The quantitative estimate of drug-likeness (QED) is 0.805. The first-order valence-electron chi connectivity index (χ1n) is 5.76. The van der Waals surface area contributed by atoms with E-state index in [4.69, 9.17) is 10.5 Å². The molecule has 2 rings (SSSR count). The minimum atomic E-state index is -2.59. The van der Waals surface area contributed by atoms with Crippen LogP contribution in [0.4, 0.5) is 20.2 Å². The van der Waals surface area contributed by atoms with E-state index in [-0.39, 0.29) is 18.2 Å². The Morgan fingerprint density at radius 2 is 2.28 bits per heavy atom. The predicted molar refractivity (Wildman–Crippen MR) is 64.9 cm³/mol. The smallest absolute Gasteiger partial charge is 0.265 e. The lowest BCUT2D eigenvalue weighted by molar-refractivity contribution is 0.0719. The normalized spacial score (nSPS) is 20.4. The van der Waals surface area contributed by atoms with E-state index in [1.807, 2.05) is 0 Å². The number of rotatable bonds is 3. The number of ether oxygens (including phenoxy) is 1. The van der Waals surface area contributed by atoms with Crippen LogP contribution < -0.4 is 10.6 Å². The molecule has 1 aromatic rings. The molecular weight excluding hydrogens is 242 g/mol. The highest BCUT2D eigenvalue weighted by Gasteiger charge is 2.26. The Kier molecular flexibility index (Phi) is 3.98. The summed E-state index contributed by atoms with van der Waals surface area (Å²) in [6.07, 6.45) is -2.59. The zero-order chi connectivity index (χ0) is 13.1. The van der Waals surface area contributed by atoms with Crippen LogP contribution in [0, 0.1) is 0 Å². The van der Waals surface area contributed by atoms with Crippen LogP contribution in [0.25, 0.3) is 0 Å². The Labute approximate surface area is 104 Å². The minimum absolute atomic E-state index is 0.102. The highest BCUT2D eigenvalue weighted by atomic mass is 19.3. The summed E-state index contributed by atoms with van der Waals surface area (Å²) in [4.78, 5) is 1.75. The van der Waals surface area contributed by atoms with Crippen molar-refractivity contribution in [3.05, 3.63) is 23.8 Å². The van der Waals surface area contributed by atoms with Gasteiger partial charge in [-0.05, 0) is 18.2 Å². The summed E-state index contributed by atoms with van der Waals surface area (Å²) in [6, 6.07) is 4.15. The summed E-state index contributed by atoms with van der Waals surface area (Å²) in [5.74, 6) is 0. The molecule has 1 unspecified atom stereocenters. The number of hydrogen-bond acceptors (Lipinski definition) is 4. The van der Waals surface area contributed by atoms with Crippen LogP contribution in [0.3, 0.4) is 0 Å².